The number of rotatable bonds is 0. The third-order valence-electron chi connectivity index (χ3n) is 0.289. The van der Waals surface area contributed by atoms with Crippen LogP contribution in [0.1, 0.15) is 0 Å². The van der Waals surface area contributed by atoms with Crippen LogP contribution in [0.4, 0.5) is 4.79 Å². The molecule has 6 heteroatoms. The monoisotopic (exact) mass is 134 g/mol. The first kappa shape index (κ1) is 10.5. The summed E-state index contributed by atoms with van der Waals surface area (Å²) in [4.78, 5) is 10.8. The minimum atomic E-state index is -2.33. The van der Waals surface area contributed by atoms with Crippen molar-refractivity contribution < 1.29 is 20.0 Å². The summed E-state index contributed by atoms with van der Waals surface area (Å²) in [5, 5.41) is 16.7. The van der Waals surface area contributed by atoms with E-state index in [1.54, 1.807) is 7.05 Å². The molecule has 6 nitrogen and oxygen atoms in total. The maximum Gasteiger partial charge on any atom is 0.338 e. The Morgan fingerprint density at radius 3 is 1.56 bits per heavy atom. The van der Waals surface area contributed by atoms with E-state index in [0.717, 1.165) is 0 Å². The van der Waals surface area contributed by atoms with E-state index in [2.05, 4.69) is 4.99 Å². The van der Waals surface area contributed by atoms with Crippen molar-refractivity contribution in [2.75, 3.05) is 7.05 Å². The summed E-state index contributed by atoms with van der Waals surface area (Å²) < 4.78 is 0. The Kier molecular flexibility index (Phi) is 7.64. The van der Waals surface area contributed by atoms with Gasteiger partial charge in [0.05, 0.1) is 7.05 Å². The highest BCUT2D eigenvalue weighted by atomic mass is 16.6. The lowest BCUT2D eigenvalue weighted by atomic mass is 11.1. The molecule has 0 fully saturated rings. The Morgan fingerprint density at radius 1 is 1.44 bits per heavy atom. The van der Waals surface area contributed by atoms with Crippen molar-refractivity contribution in [3.05, 3.63) is 0 Å². The first-order valence-electron chi connectivity index (χ1n) is 1.94. The summed E-state index contributed by atoms with van der Waals surface area (Å²) in [6.07, 6.45) is -2.33. The molecule has 0 aromatic carbocycles. The summed E-state index contributed by atoms with van der Waals surface area (Å²) in [5.41, 5.74) is 9.75. The topological polar surface area (TPSA) is 129 Å². The molecule has 0 aromatic heterocycles. The van der Waals surface area contributed by atoms with Crippen LogP contribution in [0.15, 0.2) is 0 Å². The van der Waals surface area contributed by atoms with Crippen LogP contribution >= 0.6 is 0 Å². The minimum Gasteiger partial charge on any atom is -0.652 e. The van der Waals surface area contributed by atoms with Gasteiger partial charge in [0, 0.05) is 0 Å². The Labute approximate surface area is 51.8 Å². The molecule has 9 heavy (non-hydrogen) atoms. The second-order valence-corrected chi connectivity index (χ2v) is 0.955. The van der Waals surface area contributed by atoms with Crippen molar-refractivity contribution >= 4 is 12.1 Å². The van der Waals surface area contributed by atoms with Crippen LogP contribution in [0.25, 0.3) is 0 Å². The third-order valence-corrected chi connectivity index (χ3v) is 0.289. The molecule has 0 radical (unpaired) electrons. The van der Waals surface area contributed by atoms with Gasteiger partial charge in [-0.05, 0) is 6.16 Å². The number of guanidine groups is 1. The van der Waals surface area contributed by atoms with Gasteiger partial charge >= 0.3 is 5.96 Å². The zero-order chi connectivity index (χ0) is 7.86. The molecular weight excluding hydrogens is 126 g/mol. The van der Waals surface area contributed by atoms with E-state index in [1.165, 1.54) is 0 Å². The zero-order valence-corrected chi connectivity index (χ0v) is 4.88. The fourth-order valence-electron chi connectivity index (χ4n) is 0. The molecule has 54 valence electrons. The highest BCUT2D eigenvalue weighted by Gasteiger charge is 1.70. The van der Waals surface area contributed by atoms with Crippen molar-refractivity contribution in [1.82, 2.24) is 0 Å². The number of carbonyl (C=O) groups is 1. The molecule has 0 amide bonds. The molecule has 0 heterocycles. The standard InChI is InChI=1S/C2H7N3.CH2O3/c1-5-2(3)4;2-1(3)4/h1H3,(H4,3,4,5);(H2,2,3,4)/p-1. The van der Waals surface area contributed by atoms with E-state index in [4.69, 9.17) is 26.5 Å². The second-order valence-electron chi connectivity index (χ2n) is 0.955. The largest absolute Gasteiger partial charge is 0.652 e. The Bertz CT molecular complexity index is 103. The van der Waals surface area contributed by atoms with Crippen molar-refractivity contribution in [1.29, 1.82) is 0 Å². The number of nitrogens with two attached hydrogens (primary N) is 2. The van der Waals surface area contributed by atoms with Gasteiger partial charge in [-0.3, -0.25) is 16.5 Å². The van der Waals surface area contributed by atoms with E-state index in [-0.39, 0.29) is 5.96 Å². The lowest BCUT2D eigenvalue weighted by Gasteiger charge is -1.96. The fourth-order valence-corrected chi connectivity index (χ4v) is 0. The van der Waals surface area contributed by atoms with Gasteiger partial charge < -0.3 is 15.0 Å². The van der Waals surface area contributed by atoms with Crippen LogP contribution in [0.5, 0.6) is 0 Å². The number of hydrogen-bond donors (Lipinski definition) is 3. The molecule has 0 saturated carbocycles. The third kappa shape index (κ3) is 462. The molecule has 0 saturated heterocycles. The molecule has 0 aliphatic heterocycles. The summed E-state index contributed by atoms with van der Waals surface area (Å²) in [7, 11) is 1.66. The molecule has 0 bridgehead atoms. The van der Waals surface area contributed by atoms with Gasteiger partial charge in [-0.15, -0.1) is 0 Å². The normalized spacial score (nSPS) is 6.33. The van der Waals surface area contributed by atoms with Crippen LogP contribution < -0.4 is 26.7 Å². The Balaban J connectivity index is 0. The van der Waals surface area contributed by atoms with Gasteiger partial charge in [-0.2, -0.15) is 0 Å². The summed E-state index contributed by atoms with van der Waals surface area (Å²) in [6, 6.07) is 0. The van der Waals surface area contributed by atoms with Crippen LogP contribution in [0, 0.1) is 0 Å². The lowest BCUT2D eigenvalue weighted by molar-refractivity contribution is -0.422. The zero-order valence-electron chi connectivity index (χ0n) is 4.88. The van der Waals surface area contributed by atoms with E-state index in [9.17, 15) is 0 Å². The first-order valence-corrected chi connectivity index (χ1v) is 1.94. The van der Waals surface area contributed by atoms with Gasteiger partial charge in [0.15, 0.2) is 0 Å². The number of nitrogens with one attached hydrogen (secondary N) is 1. The number of carboxylic acid groups (broad SMARTS) is 2. The van der Waals surface area contributed by atoms with Crippen LogP contribution in [-0.2, 0) is 0 Å². The van der Waals surface area contributed by atoms with Crippen molar-refractivity contribution in [3.8, 4) is 0 Å². The highest BCUT2D eigenvalue weighted by molar-refractivity contribution is 5.69. The number of carbonyl (C=O) groups excluding carboxylic acids is 1. The molecule has 0 aromatic rings. The number of hydrogen-bond acceptors (Lipinski definition) is 3. The average molecular weight is 134 g/mol. The van der Waals surface area contributed by atoms with E-state index >= 15 is 0 Å². The maximum absolute atomic E-state index is 8.33. The van der Waals surface area contributed by atoms with E-state index in [1.807, 2.05) is 0 Å². The molecule has 0 rings (SSSR count). The van der Waals surface area contributed by atoms with Crippen LogP contribution in [0.2, 0.25) is 0 Å². The smallest absolute Gasteiger partial charge is 0.338 e. The van der Waals surface area contributed by atoms with Crippen LogP contribution in [0.3, 0.4) is 0 Å². The maximum atomic E-state index is 8.33. The lowest BCUT2D eigenvalue weighted by Crippen LogP contribution is -2.73. The highest BCUT2D eigenvalue weighted by Crippen LogP contribution is 1.21. The van der Waals surface area contributed by atoms with Crippen molar-refractivity contribution in [2.45, 2.75) is 0 Å². The predicted octanol–water partition coefficient (Wildman–Crippen LogP) is -5.48. The van der Waals surface area contributed by atoms with Crippen LogP contribution in [-0.4, -0.2) is 19.2 Å². The Morgan fingerprint density at radius 2 is 1.56 bits per heavy atom. The SMILES string of the molecule is C[NH+]=C(N)N.O=C([O-])[O-]. The average Bonchev–Trinajstić information content (AvgIpc) is 1.65. The van der Waals surface area contributed by atoms with E-state index < -0.39 is 6.16 Å². The van der Waals surface area contributed by atoms with E-state index in [0.29, 0.717) is 0 Å². The molecule has 0 spiro atoms. The van der Waals surface area contributed by atoms with Gasteiger partial charge in [0.25, 0.3) is 0 Å². The minimum absolute atomic E-state index is 0.255. The first-order chi connectivity index (χ1) is 4.00. The fraction of sp³-hybridized carbons (Fsp3) is 0.333. The molecule has 0 aliphatic carbocycles. The van der Waals surface area contributed by atoms with Gasteiger partial charge in [-0.25, -0.2) is 0 Å². The second kappa shape index (κ2) is 6.54. The summed E-state index contributed by atoms with van der Waals surface area (Å²) in [5.74, 6) is 0.255. The predicted molar refractivity (Wildman–Crippen MR) is 25.7 cm³/mol. The van der Waals surface area contributed by atoms with Crippen molar-refractivity contribution in [3.63, 3.8) is 0 Å². The molecule has 5 N–H and O–H groups in total. The van der Waals surface area contributed by atoms with Crippen molar-refractivity contribution in [2.24, 2.45) is 11.5 Å². The summed E-state index contributed by atoms with van der Waals surface area (Å²) >= 11 is 0. The van der Waals surface area contributed by atoms with Gasteiger partial charge in [-0.1, -0.05) is 0 Å². The molecule has 0 atom stereocenters. The van der Waals surface area contributed by atoms with Gasteiger partial charge in [0.2, 0.25) is 0 Å². The summed E-state index contributed by atoms with van der Waals surface area (Å²) in [6.45, 7) is 0. The molecule has 0 unspecified atom stereocenters. The quantitative estimate of drug-likeness (QED) is 0.225. The molecule has 0 aliphatic rings. The Hall–Kier alpha value is -1.46. The van der Waals surface area contributed by atoms with Gasteiger partial charge in [0.1, 0.15) is 0 Å². The molecular formula is C3H8N3O3-.